The Kier molecular flexibility index (Phi) is 13.9. The van der Waals surface area contributed by atoms with E-state index in [0.29, 0.717) is 25.1 Å². The van der Waals surface area contributed by atoms with Crippen molar-refractivity contribution >= 4 is 29.6 Å². The molecule has 208 valence electrons. The molecule has 14 nitrogen and oxygen atoms in total. The summed E-state index contributed by atoms with van der Waals surface area (Å²) in [6.45, 7) is 4.23. The number of carbonyl (C=O) groups is 5. The lowest BCUT2D eigenvalue weighted by atomic mass is 10.0. The number of aromatic amines is 1. The number of hydrogen-bond acceptors (Lipinski definition) is 8. The van der Waals surface area contributed by atoms with Crippen molar-refractivity contribution in [1.82, 2.24) is 25.9 Å². The molecule has 37 heavy (non-hydrogen) atoms. The van der Waals surface area contributed by atoms with Crippen LogP contribution in [0.4, 0.5) is 0 Å². The molecule has 0 saturated heterocycles. The summed E-state index contributed by atoms with van der Waals surface area (Å²) in [5, 5.41) is 17.1. The first kappa shape index (κ1) is 31.5. The Morgan fingerprint density at radius 3 is 2.14 bits per heavy atom. The second-order valence-electron chi connectivity index (χ2n) is 9.33. The number of rotatable bonds is 18. The third-order valence-electron chi connectivity index (χ3n) is 5.55. The smallest absolute Gasteiger partial charge is 0.326 e. The van der Waals surface area contributed by atoms with Gasteiger partial charge in [0.15, 0.2) is 0 Å². The molecule has 0 aliphatic rings. The summed E-state index contributed by atoms with van der Waals surface area (Å²) in [6, 6.07) is -4.39. The summed E-state index contributed by atoms with van der Waals surface area (Å²) in [7, 11) is 0. The number of hydrogen-bond donors (Lipinski definition) is 8. The number of primary amides is 1. The van der Waals surface area contributed by atoms with Crippen LogP contribution in [0.2, 0.25) is 0 Å². The van der Waals surface area contributed by atoms with Gasteiger partial charge in [0.05, 0.1) is 12.4 Å². The van der Waals surface area contributed by atoms with Gasteiger partial charge in [-0.1, -0.05) is 20.3 Å². The molecule has 0 aromatic carbocycles. The maximum Gasteiger partial charge on any atom is 0.326 e. The summed E-state index contributed by atoms with van der Waals surface area (Å²) in [5.41, 5.74) is 17.0. The standard InChI is InChI=1S/C23H40N8O6/c1-13(2)9-17(30-20(33)15(25)5-3-4-8-24)21(34)31-18(10-14-11-27-12-28-14)22(35)29-16(23(36)37)6-7-19(26)32/h11-13,15-18H,3-10,24-25H2,1-2H3,(H2,26,32)(H,27,28)(H,29,35)(H,30,33)(H,31,34)(H,36,37). The third kappa shape index (κ3) is 12.3. The predicted molar refractivity (Wildman–Crippen MR) is 134 cm³/mol. The van der Waals surface area contributed by atoms with Gasteiger partial charge >= 0.3 is 5.97 Å². The van der Waals surface area contributed by atoms with Crippen LogP contribution in [-0.4, -0.2) is 75.4 Å². The topological polar surface area (TPSA) is 248 Å². The molecule has 4 unspecified atom stereocenters. The number of nitrogens with one attached hydrogen (secondary N) is 4. The van der Waals surface area contributed by atoms with Crippen LogP contribution < -0.4 is 33.2 Å². The number of amides is 4. The highest BCUT2D eigenvalue weighted by molar-refractivity contribution is 5.94. The van der Waals surface area contributed by atoms with E-state index in [4.69, 9.17) is 17.2 Å². The largest absolute Gasteiger partial charge is 0.480 e. The molecule has 0 fully saturated rings. The highest BCUT2D eigenvalue weighted by Gasteiger charge is 2.31. The fraction of sp³-hybridized carbons (Fsp3) is 0.652. The molecule has 0 aliphatic carbocycles. The van der Waals surface area contributed by atoms with Crippen LogP contribution in [0.3, 0.4) is 0 Å². The maximum absolute atomic E-state index is 13.2. The lowest BCUT2D eigenvalue weighted by molar-refractivity contribution is -0.142. The average molecular weight is 525 g/mol. The highest BCUT2D eigenvalue weighted by atomic mass is 16.4. The maximum atomic E-state index is 13.2. The second-order valence-corrected chi connectivity index (χ2v) is 9.33. The molecule has 0 radical (unpaired) electrons. The molecule has 0 aliphatic heterocycles. The van der Waals surface area contributed by atoms with Crippen molar-refractivity contribution in [3.8, 4) is 0 Å². The summed E-state index contributed by atoms with van der Waals surface area (Å²) in [5.74, 6) is -3.95. The van der Waals surface area contributed by atoms with Gasteiger partial charge in [0.25, 0.3) is 0 Å². The van der Waals surface area contributed by atoms with Gasteiger partial charge in [0, 0.05) is 24.7 Å². The molecular weight excluding hydrogens is 484 g/mol. The van der Waals surface area contributed by atoms with E-state index < -0.39 is 53.8 Å². The number of carbonyl (C=O) groups excluding carboxylic acids is 4. The molecule has 11 N–H and O–H groups in total. The number of nitrogens with zero attached hydrogens (tertiary/aromatic N) is 1. The Labute approximate surface area is 215 Å². The van der Waals surface area contributed by atoms with Gasteiger partial charge in [-0.25, -0.2) is 9.78 Å². The molecule has 1 heterocycles. The molecule has 0 spiro atoms. The lowest BCUT2D eigenvalue weighted by Crippen LogP contribution is -2.58. The summed E-state index contributed by atoms with van der Waals surface area (Å²) in [6.07, 6.45) is 4.44. The van der Waals surface area contributed by atoms with Gasteiger partial charge in [0.1, 0.15) is 18.1 Å². The normalized spacial score (nSPS) is 14.3. The number of carboxylic acid groups (broad SMARTS) is 1. The van der Waals surface area contributed by atoms with Crippen molar-refractivity contribution in [2.45, 2.75) is 83.0 Å². The minimum atomic E-state index is -1.39. The predicted octanol–water partition coefficient (Wildman–Crippen LogP) is -1.74. The van der Waals surface area contributed by atoms with Crippen molar-refractivity contribution in [2.75, 3.05) is 6.54 Å². The Bertz CT molecular complexity index is 892. The van der Waals surface area contributed by atoms with Crippen LogP contribution in [0.15, 0.2) is 12.5 Å². The van der Waals surface area contributed by atoms with Gasteiger partial charge in [-0.15, -0.1) is 0 Å². The van der Waals surface area contributed by atoms with Crippen LogP contribution in [0.5, 0.6) is 0 Å². The number of nitrogens with two attached hydrogens (primary N) is 3. The fourth-order valence-corrected chi connectivity index (χ4v) is 3.54. The molecule has 0 bridgehead atoms. The molecule has 4 atom stereocenters. The van der Waals surface area contributed by atoms with E-state index in [1.54, 1.807) is 0 Å². The zero-order valence-corrected chi connectivity index (χ0v) is 21.4. The third-order valence-corrected chi connectivity index (χ3v) is 5.55. The summed E-state index contributed by atoms with van der Waals surface area (Å²) in [4.78, 5) is 68.2. The number of H-pyrrole nitrogens is 1. The van der Waals surface area contributed by atoms with Crippen molar-refractivity contribution in [1.29, 1.82) is 0 Å². The second kappa shape index (κ2) is 16.3. The average Bonchev–Trinajstić information content (AvgIpc) is 3.33. The number of aromatic nitrogens is 2. The fourth-order valence-electron chi connectivity index (χ4n) is 3.54. The van der Waals surface area contributed by atoms with Gasteiger partial charge in [0.2, 0.25) is 23.6 Å². The Morgan fingerprint density at radius 2 is 1.59 bits per heavy atom. The van der Waals surface area contributed by atoms with E-state index >= 15 is 0 Å². The van der Waals surface area contributed by atoms with Crippen LogP contribution in [-0.2, 0) is 30.4 Å². The summed E-state index contributed by atoms with van der Waals surface area (Å²) < 4.78 is 0. The van der Waals surface area contributed by atoms with Crippen molar-refractivity contribution < 1.29 is 29.1 Å². The van der Waals surface area contributed by atoms with Crippen LogP contribution in [0, 0.1) is 5.92 Å². The van der Waals surface area contributed by atoms with Crippen LogP contribution in [0.1, 0.15) is 58.1 Å². The molecular formula is C23H40N8O6. The monoisotopic (exact) mass is 524 g/mol. The lowest BCUT2D eigenvalue weighted by Gasteiger charge is -2.26. The van der Waals surface area contributed by atoms with Gasteiger partial charge < -0.3 is 43.2 Å². The minimum Gasteiger partial charge on any atom is -0.480 e. The highest BCUT2D eigenvalue weighted by Crippen LogP contribution is 2.09. The van der Waals surface area contributed by atoms with Crippen molar-refractivity contribution in [3.05, 3.63) is 18.2 Å². The minimum absolute atomic E-state index is 0.0228. The molecule has 1 aromatic heterocycles. The van der Waals surface area contributed by atoms with Gasteiger partial charge in [-0.3, -0.25) is 19.2 Å². The number of unbranched alkanes of at least 4 members (excludes halogenated alkanes) is 1. The molecule has 1 aromatic rings. The number of aliphatic carboxylic acids is 1. The molecule has 1 rings (SSSR count). The zero-order chi connectivity index (χ0) is 28.0. The zero-order valence-electron chi connectivity index (χ0n) is 21.4. The first-order chi connectivity index (χ1) is 17.4. The van der Waals surface area contributed by atoms with E-state index in [2.05, 4.69) is 25.9 Å². The first-order valence-electron chi connectivity index (χ1n) is 12.3. The van der Waals surface area contributed by atoms with Gasteiger partial charge in [-0.05, 0) is 38.1 Å². The van der Waals surface area contributed by atoms with Crippen LogP contribution in [0.25, 0.3) is 0 Å². The van der Waals surface area contributed by atoms with Crippen molar-refractivity contribution in [2.24, 2.45) is 23.1 Å². The van der Waals surface area contributed by atoms with Crippen molar-refractivity contribution in [3.63, 3.8) is 0 Å². The van der Waals surface area contributed by atoms with E-state index in [-0.39, 0.29) is 31.6 Å². The summed E-state index contributed by atoms with van der Waals surface area (Å²) >= 11 is 0. The Hall–Kier alpha value is -3.52. The van der Waals surface area contributed by atoms with E-state index in [9.17, 15) is 29.1 Å². The number of imidazole rings is 1. The van der Waals surface area contributed by atoms with Gasteiger partial charge in [-0.2, -0.15) is 0 Å². The molecule has 0 saturated carbocycles. The quantitative estimate of drug-likeness (QED) is 0.101. The molecule has 4 amide bonds. The first-order valence-corrected chi connectivity index (χ1v) is 12.3. The van der Waals surface area contributed by atoms with E-state index in [1.165, 1.54) is 12.5 Å². The number of carboxylic acids is 1. The Morgan fingerprint density at radius 1 is 0.973 bits per heavy atom. The molecule has 14 heteroatoms. The van der Waals surface area contributed by atoms with E-state index in [0.717, 1.165) is 6.42 Å². The van der Waals surface area contributed by atoms with E-state index in [1.807, 2.05) is 13.8 Å². The van der Waals surface area contributed by atoms with Crippen LogP contribution >= 0.6 is 0 Å². The Balaban J connectivity index is 3.02. The SMILES string of the molecule is CC(C)CC(NC(=O)C(N)CCCCN)C(=O)NC(Cc1cnc[nH]1)C(=O)NC(CCC(N)=O)C(=O)O.